The molecule has 0 atom stereocenters. The van der Waals surface area contributed by atoms with Crippen LogP contribution in [0, 0.1) is 0 Å². The summed E-state index contributed by atoms with van der Waals surface area (Å²) in [6.45, 7) is 2.22. The lowest BCUT2D eigenvalue weighted by atomic mass is 10.1. The van der Waals surface area contributed by atoms with Crippen molar-refractivity contribution in [3.05, 3.63) is 50.6 Å². The van der Waals surface area contributed by atoms with Crippen molar-refractivity contribution >= 4 is 46.1 Å². The van der Waals surface area contributed by atoms with Crippen LogP contribution < -0.4 is 19.0 Å². The third-order valence-corrected chi connectivity index (χ3v) is 7.47. The van der Waals surface area contributed by atoms with E-state index in [4.69, 9.17) is 42.4 Å². The molecule has 4 rings (SSSR count). The summed E-state index contributed by atoms with van der Waals surface area (Å²) in [5.41, 5.74) is 2.57. The van der Waals surface area contributed by atoms with Gasteiger partial charge in [-0.05, 0) is 43.2 Å². The van der Waals surface area contributed by atoms with Crippen LogP contribution in [0.15, 0.2) is 40.7 Å². The standard InChI is InChI=1S/C25H27Cl2N3O4S/c1-32-21-12-16(13-22(33-2)24(21)34-3)20-15-35-25(28-17-7-8-18(26)19(27)14-17)30(20)11-5-10-29-9-4-6-23(29)31/h7-8,12-15H,4-6,9-11H2,1-3H3. The number of halogens is 2. The topological polar surface area (TPSA) is 65.3 Å². The second-order valence-electron chi connectivity index (χ2n) is 8.02. The molecule has 186 valence electrons. The minimum atomic E-state index is 0.228. The van der Waals surface area contributed by atoms with Crippen LogP contribution in [0.2, 0.25) is 10.0 Å². The number of thiazole rings is 1. The molecule has 0 unspecified atom stereocenters. The molecule has 3 aromatic rings. The zero-order valence-electron chi connectivity index (χ0n) is 19.8. The van der Waals surface area contributed by atoms with Gasteiger partial charge >= 0.3 is 0 Å². The first-order valence-corrected chi connectivity index (χ1v) is 12.8. The monoisotopic (exact) mass is 535 g/mol. The zero-order valence-corrected chi connectivity index (χ0v) is 22.2. The minimum Gasteiger partial charge on any atom is -0.493 e. The molecule has 1 aliphatic heterocycles. The van der Waals surface area contributed by atoms with Gasteiger partial charge in [0.05, 0.1) is 42.8 Å². The summed E-state index contributed by atoms with van der Waals surface area (Å²) in [6.07, 6.45) is 2.37. The molecule has 2 aromatic carbocycles. The van der Waals surface area contributed by atoms with Crippen LogP contribution in [0.25, 0.3) is 11.3 Å². The lowest BCUT2D eigenvalue weighted by Crippen LogP contribution is -2.27. The van der Waals surface area contributed by atoms with E-state index in [2.05, 4.69) is 9.95 Å². The quantitative estimate of drug-likeness (QED) is 0.347. The molecule has 1 aromatic heterocycles. The van der Waals surface area contributed by atoms with Crippen LogP contribution >= 0.6 is 34.5 Å². The van der Waals surface area contributed by atoms with Crippen molar-refractivity contribution < 1.29 is 19.0 Å². The van der Waals surface area contributed by atoms with Crippen molar-refractivity contribution in [2.75, 3.05) is 34.4 Å². The van der Waals surface area contributed by atoms with Gasteiger partial charge in [0.15, 0.2) is 16.3 Å². The van der Waals surface area contributed by atoms with Gasteiger partial charge in [0.25, 0.3) is 0 Å². The van der Waals surface area contributed by atoms with Crippen molar-refractivity contribution in [2.45, 2.75) is 25.8 Å². The summed E-state index contributed by atoms with van der Waals surface area (Å²) in [7, 11) is 4.78. The molecule has 7 nitrogen and oxygen atoms in total. The number of likely N-dealkylation sites (tertiary alicyclic amines) is 1. The largest absolute Gasteiger partial charge is 0.493 e. The highest BCUT2D eigenvalue weighted by Gasteiger charge is 2.20. The summed E-state index contributed by atoms with van der Waals surface area (Å²) < 4.78 is 18.8. The van der Waals surface area contributed by atoms with Crippen LogP contribution in [0.1, 0.15) is 19.3 Å². The number of hydrogen-bond donors (Lipinski definition) is 0. The SMILES string of the molecule is COc1cc(-c2csc(=Nc3ccc(Cl)c(Cl)c3)n2CCCN2CCCC2=O)cc(OC)c1OC. The predicted molar refractivity (Wildman–Crippen MR) is 140 cm³/mol. The molecule has 0 N–H and O–H groups in total. The normalized spacial score (nSPS) is 14.0. The highest BCUT2D eigenvalue weighted by molar-refractivity contribution is 7.07. The second kappa shape index (κ2) is 11.4. The van der Waals surface area contributed by atoms with Crippen LogP contribution in [-0.2, 0) is 11.3 Å². The molecule has 2 heterocycles. The summed E-state index contributed by atoms with van der Waals surface area (Å²) in [4.78, 5) is 19.6. The third-order valence-electron chi connectivity index (χ3n) is 5.87. The van der Waals surface area contributed by atoms with Crippen LogP contribution in [0.4, 0.5) is 5.69 Å². The molecular formula is C25H27Cl2N3O4S. The first-order chi connectivity index (χ1) is 16.9. The fraction of sp³-hybridized carbons (Fsp3) is 0.360. The molecule has 1 saturated heterocycles. The Balaban J connectivity index is 1.76. The summed E-state index contributed by atoms with van der Waals surface area (Å²) >= 11 is 13.8. The van der Waals surface area contributed by atoms with E-state index in [1.807, 2.05) is 23.1 Å². The van der Waals surface area contributed by atoms with Crippen LogP contribution in [-0.4, -0.2) is 49.8 Å². The number of hydrogen-bond acceptors (Lipinski definition) is 6. The predicted octanol–water partition coefficient (Wildman–Crippen LogP) is 5.79. The maximum absolute atomic E-state index is 12.1. The molecule has 0 saturated carbocycles. The maximum atomic E-state index is 12.1. The maximum Gasteiger partial charge on any atom is 0.222 e. The molecule has 0 aliphatic carbocycles. The smallest absolute Gasteiger partial charge is 0.222 e. The molecular weight excluding hydrogens is 509 g/mol. The Hall–Kier alpha value is -2.68. The fourth-order valence-corrected chi connectivity index (χ4v) is 5.37. The van der Waals surface area contributed by atoms with Gasteiger partial charge in [0, 0.05) is 37.0 Å². The van der Waals surface area contributed by atoms with Crippen LogP contribution in [0.3, 0.4) is 0 Å². The Morgan fingerprint density at radius 2 is 1.74 bits per heavy atom. The number of carbonyl (C=O) groups is 1. The molecule has 0 spiro atoms. The van der Waals surface area contributed by atoms with Gasteiger partial charge in [-0.3, -0.25) is 4.79 Å². The summed E-state index contributed by atoms with van der Waals surface area (Å²) in [5, 5.41) is 2.99. The second-order valence-corrected chi connectivity index (χ2v) is 9.67. The van der Waals surface area contributed by atoms with Crippen molar-refractivity contribution in [1.82, 2.24) is 9.47 Å². The number of methoxy groups -OCH3 is 3. The van der Waals surface area contributed by atoms with E-state index in [-0.39, 0.29) is 5.91 Å². The molecule has 0 radical (unpaired) electrons. The Bertz CT molecular complexity index is 1260. The van der Waals surface area contributed by atoms with Crippen molar-refractivity contribution in [1.29, 1.82) is 0 Å². The minimum absolute atomic E-state index is 0.228. The Morgan fingerprint density at radius 3 is 2.34 bits per heavy atom. The van der Waals surface area contributed by atoms with Crippen molar-refractivity contribution in [2.24, 2.45) is 4.99 Å². The zero-order chi connectivity index (χ0) is 24.9. The molecule has 10 heteroatoms. The van der Waals surface area contributed by atoms with E-state index in [1.54, 1.807) is 33.5 Å². The van der Waals surface area contributed by atoms with Gasteiger partial charge in [-0.15, -0.1) is 11.3 Å². The molecule has 1 amide bonds. The van der Waals surface area contributed by atoms with Gasteiger partial charge in [-0.1, -0.05) is 23.2 Å². The number of benzene rings is 2. The fourth-order valence-electron chi connectivity index (χ4n) is 4.12. The number of ether oxygens (including phenoxy) is 3. The van der Waals surface area contributed by atoms with E-state index in [0.29, 0.717) is 52.5 Å². The Labute approximate surface area is 218 Å². The lowest BCUT2D eigenvalue weighted by molar-refractivity contribution is -0.127. The van der Waals surface area contributed by atoms with E-state index in [0.717, 1.165) is 35.4 Å². The number of amides is 1. The van der Waals surface area contributed by atoms with E-state index in [9.17, 15) is 4.79 Å². The third kappa shape index (κ3) is 5.60. The molecule has 1 fully saturated rings. The Kier molecular flexibility index (Phi) is 8.26. The molecule has 35 heavy (non-hydrogen) atoms. The van der Waals surface area contributed by atoms with E-state index in [1.165, 1.54) is 11.3 Å². The van der Waals surface area contributed by atoms with Crippen LogP contribution in [0.5, 0.6) is 17.2 Å². The van der Waals surface area contributed by atoms with Gasteiger partial charge in [-0.25, -0.2) is 4.99 Å². The highest BCUT2D eigenvalue weighted by Crippen LogP contribution is 2.41. The molecule has 1 aliphatic rings. The van der Waals surface area contributed by atoms with Crippen molar-refractivity contribution in [3.8, 4) is 28.5 Å². The van der Waals surface area contributed by atoms with Crippen molar-refractivity contribution in [3.63, 3.8) is 0 Å². The number of carbonyl (C=O) groups excluding carboxylic acids is 1. The first-order valence-electron chi connectivity index (χ1n) is 11.2. The van der Waals surface area contributed by atoms with E-state index < -0.39 is 0 Å². The van der Waals surface area contributed by atoms with Gasteiger partial charge in [0.2, 0.25) is 11.7 Å². The number of aromatic nitrogens is 1. The Morgan fingerprint density at radius 1 is 1.00 bits per heavy atom. The average molecular weight is 536 g/mol. The first kappa shape index (κ1) is 25.4. The number of rotatable bonds is 9. The highest BCUT2D eigenvalue weighted by atomic mass is 35.5. The average Bonchev–Trinajstić information content (AvgIpc) is 3.46. The van der Waals surface area contributed by atoms with Gasteiger partial charge in [0.1, 0.15) is 0 Å². The molecule has 0 bridgehead atoms. The van der Waals surface area contributed by atoms with Gasteiger partial charge in [-0.2, -0.15) is 0 Å². The lowest BCUT2D eigenvalue weighted by Gasteiger charge is -2.17. The summed E-state index contributed by atoms with van der Waals surface area (Å²) in [6, 6.07) is 9.16. The van der Waals surface area contributed by atoms with Gasteiger partial charge < -0.3 is 23.7 Å². The number of nitrogens with zero attached hydrogens (tertiary/aromatic N) is 3. The van der Waals surface area contributed by atoms with E-state index >= 15 is 0 Å². The summed E-state index contributed by atoms with van der Waals surface area (Å²) in [5.74, 6) is 1.91.